The van der Waals surface area contributed by atoms with Gasteiger partial charge in [-0.25, -0.2) is 4.39 Å². The third-order valence-electron chi connectivity index (χ3n) is 4.24. The highest BCUT2D eigenvalue weighted by molar-refractivity contribution is 5.91. The smallest absolute Gasteiger partial charge is 0.126 e. The number of ether oxygens (including phenoxy) is 1. The van der Waals surface area contributed by atoms with Crippen LogP contribution in [0.1, 0.15) is 11.6 Å². The van der Waals surface area contributed by atoms with Crippen molar-refractivity contribution in [2.45, 2.75) is 6.04 Å². The van der Waals surface area contributed by atoms with Crippen LogP contribution in [0.4, 0.5) is 4.39 Å². The van der Waals surface area contributed by atoms with Crippen molar-refractivity contribution in [3.63, 3.8) is 0 Å². The molecular weight excluding hydrogens is 303 g/mol. The minimum absolute atomic E-state index is 0. The largest absolute Gasteiger partial charge is 0.496 e. The van der Waals surface area contributed by atoms with Crippen molar-refractivity contribution in [1.29, 1.82) is 0 Å². The van der Waals surface area contributed by atoms with E-state index in [9.17, 15) is 4.39 Å². The molecule has 5 heteroatoms. The van der Waals surface area contributed by atoms with Crippen LogP contribution in [0, 0.1) is 0 Å². The SMILES string of the molecule is COc1ccc([C@H](CF)N2CCNCC2)c2ccccc12.Cl. The number of methoxy groups -OCH3 is 1. The predicted octanol–water partition coefficient (Wildman–Crippen LogP) is 3.19. The maximum absolute atomic E-state index is 13.7. The van der Waals surface area contributed by atoms with E-state index in [2.05, 4.69) is 16.3 Å². The zero-order chi connectivity index (χ0) is 14.7. The van der Waals surface area contributed by atoms with E-state index < -0.39 is 0 Å². The van der Waals surface area contributed by atoms with Crippen LogP contribution in [0.25, 0.3) is 10.8 Å². The van der Waals surface area contributed by atoms with Gasteiger partial charge in [-0.05, 0) is 17.0 Å². The number of nitrogens with zero attached hydrogens (tertiary/aromatic N) is 1. The minimum Gasteiger partial charge on any atom is -0.496 e. The Hall–Kier alpha value is -1.36. The van der Waals surface area contributed by atoms with E-state index in [0.717, 1.165) is 48.3 Å². The Morgan fingerprint density at radius 3 is 2.45 bits per heavy atom. The molecule has 0 aromatic heterocycles. The molecular formula is C17H22ClFN2O. The number of benzene rings is 2. The van der Waals surface area contributed by atoms with Gasteiger partial charge in [0.05, 0.1) is 13.2 Å². The molecule has 1 atom stereocenters. The van der Waals surface area contributed by atoms with Gasteiger partial charge in [0, 0.05) is 31.6 Å². The monoisotopic (exact) mass is 324 g/mol. The summed E-state index contributed by atoms with van der Waals surface area (Å²) in [4.78, 5) is 2.23. The zero-order valence-corrected chi connectivity index (χ0v) is 13.5. The molecule has 2 aromatic carbocycles. The Morgan fingerprint density at radius 2 is 1.82 bits per heavy atom. The molecule has 1 fully saturated rings. The minimum atomic E-state index is -0.365. The first-order valence-electron chi connectivity index (χ1n) is 7.41. The van der Waals surface area contributed by atoms with Crippen LogP contribution >= 0.6 is 12.4 Å². The summed E-state index contributed by atoms with van der Waals surface area (Å²) in [5.41, 5.74) is 1.05. The van der Waals surface area contributed by atoms with Crippen LogP contribution in [-0.4, -0.2) is 44.9 Å². The summed E-state index contributed by atoms with van der Waals surface area (Å²) in [5.74, 6) is 0.840. The summed E-state index contributed by atoms with van der Waals surface area (Å²) >= 11 is 0. The normalized spacial score (nSPS) is 17.0. The number of fused-ring (bicyclic) bond motifs is 1. The van der Waals surface area contributed by atoms with Crippen molar-refractivity contribution in [1.82, 2.24) is 10.2 Å². The lowest BCUT2D eigenvalue weighted by Gasteiger charge is -2.34. The third kappa shape index (κ3) is 3.19. The van der Waals surface area contributed by atoms with E-state index in [1.54, 1.807) is 7.11 Å². The molecule has 2 aromatic rings. The van der Waals surface area contributed by atoms with E-state index in [4.69, 9.17) is 4.74 Å². The topological polar surface area (TPSA) is 24.5 Å². The van der Waals surface area contributed by atoms with Gasteiger partial charge in [-0.15, -0.1) is 12.4 Å². The molecule has 3 rings (SSSR count). The van der Waals surface area contributed by atoms with Gasteiger partial charge in [-0.1, -0.05) is 30.3 Å². The number of nitrogens with one attached hydrogen (secondary N) is 1. The van der Waals surface area contributed by atoms with E-state index in [1.165, 1.54) is 0 Å². The maximum Gasteiger partial charge on any atom is 0.126 e. The average Bonchev–Trinajstić information content (AvgIpc) is 2.56. The second-order valence-corrected chi connectivity index (χ2v) is 5.36. The number of hydrogen-bond acceptors (Lipinski definition) is 3. The predicted molar refractivity (Wildman–Crippen MR) is 90.9 cm³/mol. The summed E-state index contributed by atoms with van der Waals surface area (Å²) in [6.07, 6.45) is 0. The van der Waals surface area contributed by atoms with Crippen LogP contribution in [0.2, 0.25) is 0 Å². The fourth-order valence-electron chi connectivity index (χ4n) is 3.13. The molecule has 0 radical (unpaired) electrons. The summed E-state index contributed by atoms with van der Waals surface area (Å²) in [6.45, 7) is 3.25. The first kappa shape index (κ1) is 17.0. The summed E-state index contributed by atoms with van der Waals surface area (Å²) < 4.78 is 19.2. The lowest BCUT2D eigenvalue weighted by Crippen LogP contribution is -2.45. The lowest BCUT2D eigenvalue weighted by atomic mass is 9.97. The first-order valence-corrected chi connectivity index (χ1v) is 7.41. The van der Waals surface area contributed by atoms with Gasteiger partial charge in [0.25, 0.3) is 0 Å². The lowest BCUT2D eigenvalue weighted by molar-refractivity contribution is 0.148. The molecule has 22 heavy (non-hydrogen) atoms. The summed E-state index contributed by atoms with van der Waals surface area (Å²) in [6, 6.07) is 11.9. The number of halogens is 2. The molecule has 0 spiro atoms. The fourth-order valence-corrected chi connectivity index (χ4v) is 3.13. The molecule has 0 saturated carbocycles. The Labute approximate surface area is 136 Å². The van der Waals surface area contributed by atoms with Gasteiger partial charge >= 0.3 is 0 Å². The van der Waals surface area contributed by atoms with E-state index in [-0.39, 0.29) is 25.1 Å². The molecule has 0 aliphatic carbocycles. The Morgan fingerprint density at radius 1 is 1.14 bits per heavy atom. The number of hydrogen-bond donors (Lipinski definition) is 1. The molecule has 1 aliphatic heterocycles. The molecule has 120 valence electrons. The van der Waals surface area contributed by atoms with Crippen LogP contribution < -0.4 is 10.1 Å². The van der Waals surface area contributed by atoms with Crippen LogP contribution in [0.3, 0.4) is 0 Å². The fraction of sp³-hybridized carbons (Fsp3) is 0.412. The highest BCUT2D eigenvalue weighted by Gasteiger charge is 2.24. The standard InChI is InChI=1S/C17H21FN2O.ClH/c1-21-17-7-6-14(13-4-2-3-5-15(13)17)16(12-18)20-10-8-19-9-11-20;/h2-7,16,19H,8-12H2,1H3;1H/t16-;/m0./s1. The van der Waals surface area contributed by atoms with Crippen LogP contribution in [0.5, 0.6) is 5.75 Å². The zero-order valence-electron chi connectivity index (χ0n) is 12.7. The Balaban J connectivity index is 0.00000176. The van der Waals surface area contributed by atoms with Gasteiger partial charge in [0.1, 0.15) is 12.4 Å². The van der Waals surface area contributed by atoms with Gasteiger partial charge in [0.2, 0.25) is 0 Å². The second kappa shape index (κ2) is 7.77. The molecule has 0 amide bonds. The molecule has 1 heterocycles. The van der Waals surface area contributed by atoms with Crippen molar-refractivity contribution in [3.05, 3.63) is 42.0 Å². The number of rotatable bonds is 4. The van der Waals surface area contributed by atoms with Crippen molar-refractivity contribution >= 4 is 23.2 Å². The van der Waals surface area contributed by atoms with Crippen molar-refractivity contribution in [3.8, 4) is 5.75 Å². The van der Waals surface area contributed by atoms with Crippen LogP contribution in [-0.2, 0) is 0 Å². The second-order valence-electron chi connectivity index (χ2n) is 5.36. The van der Waals surface area contributed by atoms with E-state index in [1.807, 2.05) is 30.3 Å². The third-order valence-corrected chi connectivity index (χ3v) is 4.24. The molecule has 1 N–H and O–H groups in total. The number of alkyl halides is 1. The average molecular weight is 325 g/mol. The molecule has 3 nitrogen and oxygen atoms in total. The molecule has 1 aliphatic rings. The van der Waals surface area contributed by atoms with Gasteiger partial charge < -0.3 is 10.1 Å². The molecule has 0 unspecified atom stereocenters. The highest BCUT2D eigenvalue weighted by atomic mass is 35.5. The van der Waals surface area contributed by atoms with Crippen molar-refractivity contribution in [2.75, 3.05) is 40.0 Å². The summed E-state index contributed by atoms with van der Waals surface area (Å²) in [5, 5.41) is 5.45. The Kier molecular flexibility index (Phi) is 6.00. The molecule has 0 bridgehead atoms. The van der Waals surface area contributed by atoms with Crippen molar-refractivity contribution < 1.29 is 9.13 Å². The van der Waals surface area contributed by atoms with Gasteiger partial charge in [-0.2, -0.15) is 0 Å². The molecule has 1 saturated heterocycles. The first-order chi connectivity index (χ1) is 10.3. The maximum atomic E-state index is 13.7. The number of piperazine rings is 1. The van der Waals surface area contributed by atoms with Gasteiger partial charge in [0.15, 0.2) is 0 Å². The highest BCUT2D eigenvalue weighted by Crippen LogP contribution is 2.34. The van der Waals surface area contributed by atoms with Gasteiger partial charge in [-0.3, -0.25) is 4.90 Å². The van der Waals surface area contributed by atoms with E-state index in [0.29, 0.717) is 0 Å². The summed E-state index contributed by atoms with van der Waals surface area (Å²) in [7, 11) is 1.67. The van der Waals surface area contributed by atoms with E-state index >= 15 is 0 Å². The quantitative estimate of drug-likeness (QED) is 0.935. The van der Waals surface area contributed by atoms with Crippen molar-refractivity contribution in [2.24, 2.45) is 0 Å². The Bertz CT molecular complexity index is 617. The van der Waals surface area contributed by atoms with Crippen LogP contribution in [0.15, 0.2) is 36.4 Å².